The maximum absolute atomic E-state index is 11.5. The summed E-state index contributed by atoms with van der Waals surface area (Å²) in [5, 5.41) is 16.8. The molecule has 1 unspecified atom stereocenters. The zero-order valence-corrected chi connectivity index (χ0v) is 11.9. The lowest BCUT2D eigenvalue weighted by Gasteiger charge is -2.10. The average Bonchev–Trinajstić information content (AvgIpc) is 2.85. The predicted molar refractivity (Wildman–Crippen MR) is 73.5 cm³/mol. The number of hydrogen-bond donors (Lipinski definition) is 3. The molecule has 7 heteroatoms. The van der Waals surface area contributed by atoms with Gasteiger partial charge in [0.2, 0.25) is 5.91 Å². The summed E-state index contributed by atoms with van der Waals surface area (Å²) >= 11 is 1.29. The second kappa shape index (κ2) is 7.85. The van der Waals surface area contributed by atoms with Gasteiger partial charge in [0.05, 0.1) is 11.6 Å². The highest BCUT2D eigenvalue weighted by atomic mass is 32.1. The summed E-state index contributed by atoms with van der Waals surface area (Å²) in [7, 11) is 0. The summed E-state index contributed by atoms with van der Waals surface area (Å²) in [6, 6.07) is 0.322. The molecule has 1 atom stereocenters. The van der Waals surface area contributed by atoms with Gasteiger partial charge in [0.25, 0.3) is 0 Å². The molecule has 0 radical (unpaired) electrons. The van der Waals surface area contributed by atoms with E-state index < -0.39 is 5.97 Å². The van der Waals surface area contributed by atoms with Crippen molar-refractivity contribution < 1.29 is 14.7 Å². The molecule has 0 bridgehead atoms. The Kier molecular flexibility index (Phi) is 6.44. The molecule has 0 aliphatic heterocycles. The zero-order chi connectivity index (χ0) is 14.3. The number of rotatable bonds is 8. The molecule has 1 heterocycles. The number of nitrogens with zero attached hydrogens (tertiary/aromatic N) is 1. The van der Waals surface area contributed by atoms with Crippen molar-refractivity contribution in [3.8, 4) is 0 Å². The molecular formula is C12H19N3O3S. The van der Waals surface area contributed by atoms with Crippen molar-refractivity contribution in [3.63, 3.8) is 0 Å². The van der Waals surface area contributed by atoms with Crippen molar-refractivity contribution >= 4 is 23.2 Å². The van der Waals surface area contributed by atoms with Crippen LogP contribution in [0.2, 0.25) is 0 Å². The van der Waals surface area contributed by atoms with Crippen LogP contribution in [0.1, 0.15) is 35.8 Å². The number of aromatic carboxylic acids is 1. The van der Waals surface area contributed by atoms with Gasteiger partial charge in [0.15, 0.2) is 5.69 Å². The maximum Gasteiger partial charge on any atom is 0.355 e. The summed E-state index contributed by atoms with van der Waals surface area (Å²) in [5.41, 5.74) is 0.0600. The number of carbonyl (C=O) groups excluding carboxylic acids is 1. The van der Waals surface area contributed by atoms with Crippen LogP contribution in [0.25, 0.3) is 0 Å². The first-order valence-corrected chi connectivity index (χ1v) is 7.08. The Morgan fingerprint density at radius 3 is 2.84 bits per heavy atom. The lowest BCUT2D eigenvalue weighted by Crippen LogP contribution is -2.38. The van der Waals surface area contributed by atoms with Crippen molar-refractivity contribution in [1.82, 2.24) is 15.6 Å². The number of carbonyl (C=O) groups is 2. The molecule has 1 aromatic heterocycles. The number of carboxylic acid groups (broad SMARTS) is 1. The third-order valence-electron chi connectivity index (χ3n) is 2.66. The average molecular weight is 285 g/mol. The van der Waals surface area contributed by atoms with E-state index in [9.17, 15) is 9.59 Å². The normalized spacial score (nSPS) is 12.1. The van der Waals surface area contributed by atoms with Gasteiger partial charge in [-0.15, -0.1) is 11.3 Å². The third kappa shape index (κ3) is 5.80. The Hall–Kier alpha value is -1.47. The van der Waals surface area contributed by atoms with Crippen LogP contribution in [0.5, 0.6) is 0 Å². The summed E-state index contributed by atoms with van der Waals surface area (Å²) in [5.74, 6) is -1.08. The molecule has 0 spiro atoms. The lowest BCUT2D eigenvalue weighted by atomic mass is 10.2. The van der Waals surface area contributed by atoms with Crippen molar-refractivity contribution in [2.45, 2.75) is 32.7 Å². The molecule has 1 rings (SSSR count). The van der Waals surface area contributed by atoms with Crippen LogP contribution in [-0.4, -0.2) is 41.1 Å². The van der Waals surface area contributed by atoms with E-state index in [1.54, 1.807) is 0 Å². The van der Waals surface area contributed by atoms with Gasteiger partial charge in [-0.1, -0.05) is 6.92 Å². The van der Waals surface area contributed by atoms with Crippen LogP contribution in [0.3, 0.4) is 0 Å². The van der Waals surface area contributed by atoms with E-state index in [4.69, 9.17) is 5.11 Å². The number of hydrogen-bond acceptors (Lipinski definition) is 5. The molecule has 0 saturated carbocycles. The molecule has 0 aromatic carbocycles. The highest BCUT2D eigenvalue weighted by Gasteiger charge is 2.09. The third-order valence-corrected chi connectivity index (χ3v) is 3.56. The summed E-state index contributed by atoms with van der Waals surface area (Å²) in [6.07, 6.45) is 1.53. The zero-order valence-electron chi connectivity index (χ0n) is 11.1. The largest absolute Gasteiger partial charge is 0.476 e. The van der Waals surface area contributed by atoms with E-state index in [0.717, 1.165) is 6.42 Å². The molecule has 0 fully saturated rings. The van der Waals surface area contributed by atoms with E-state index >= 15 is 0 Å². The fraction of sp³-hybridized carbons (Fsp3) is 0.583. The Bertz CT molecular complexity index is 434. The van der Waals surface area contributed by atoms with Crippen LogP contribution in [-0.2, 0) is 11.2 Å². The second-order valence-corrected chi connectivity index (χ2v) is 5.16. The minimum absolute atomic E-state index is 0.0599. The smallest absolute Gasteiger partial charge is 0.355 e. The van der Waals surface area contributed by atoms with Crippen LogP contribution >= 0.6 is 11.3 Å². The van der Waals surface area contributed by atoms with Gasteiger partial charge < -0.3 is 15.7 Å². The molecule has 1 amide bonds. The van der Waals surface area contributed by atoms with Crippen LogP contribution in [0.4, 0.5) is 0 Å². The summed E-state index contributed by atoms with van der Waals surface area (Å²) in [4.78, 5) is 26.1. The molecule has 0 aliphatic carbocycles. The number of aromatic nitrogens is 1. The molecule has 0 aliphatic rings. The quantitative estimate of drug-likeness (QED) is 0.660. The number of amides is 1. The molecule has 19 heavy (non-hydrogen) atoms. The van der Waals surface area contributed by atoms with Gasteiger partial charge in [-0.3, -0.25) is 4.79 Å². The van der Waals surface area contributed by atoms with Gasteiger partial charge >= 0.3 is 5.97 Å². The van der Waals surface area contributed by atoms with Gasteiger partial charge in [-0.2, -0.15) is 0 Å². The fourth-order valence-corrected chi connectivity index (χ4v) is 2.08. The SMILES string of the molecule is CCC(C)NCC(=O)NCCc1nc(C(=O)O)cs1. The van der Waals surface area contributed by atoms with Crippen LogP contribution in [0, 0.1) is 0 Å². The first-order chi connectivity index (χ1) is 9.02. The first kappa shape index (κ1) is 15.6. The molecule has 106 valence electrons. The van der Waals surface area contributed by atoms with Crippen molar-refractivity contribution in [1.29, 1.82) is 0 Å². The van der Waals surface area contributed by atoms with E-state index in [2.05, 4.69) is 22.5 Å². The second-order valence-electron chi connectivity index (χ2n) is 4.22. The highest BCUT2D eigenvalue weighted by molar-refractivity contribution is 7.09. The first-order valence-electron chi connectivity index (χ1n) is 6.20. The van der Waals surface area contributed by atoms with E-state index in [1.165, 1.54) is 16.7 Å². The molecule has 1 aromatic rings. The minimum Gasteiger partial charge on any atom is -0.476 e. The lowest BCUT2D eigenvalue weighted by molar-refractivity contribution is -0.120. The monoisotopic (exact) mass is 285 g/mol. The molecular weight excluding hydrogens is 266 g/mol. The van der Waals surface area contributed by atoms with Crippen LogP contribution < -0.4 is 10.6 Å². The molecule has 3 N–H and O–H groups in total. The predicted octanol–water partition coefficient (Wildman–Crippen LogP) is 0.888. The minimum atomic E-state index is -1.02. The highest BCUT2D eigenvalue weighted by Crippen LogP contribution is 2.09. The van der Waals surface area contributed by atoms with Crippen molar-refractivity contribution in [3.05, 3.63) is 16.1 Å². The van der Waals surface area contributed by atoms with Crippen LogP contribution in [0.15, 0.2) is 5.38 Å². The van der Waals surface area contributed by atoms with E-state index in [1.807, 2.05) is 6.92 Å². The van der Waals surface area contributed by atoms with Gasteiger partial charge in [0.1, 0.15) is 0 Å². The maximum atomic E-state index is 11.5. The van der Waals surface area contributed by atoms with Gasteiger partial charge in [-0.25, -0.2) is 9.78 Å². The number of thiazole rings is 1. The van der Waals surface area contributed by atoms with Gasteiger partial charge in [-0.05, 0) is 13.3 Å². The standard InChI is InChI=1S/C12H19N3O3S/c1-3-8(2)14-6-10(16)13-5-4-11-15-9(7-19-11)12(17)18/h7-8,14H,3-6H2,1-2H3,(H,13,16)(H,17,18). The van der Waals surface area contributed by atoms with E-state index in [0.29, 0.717) is 30.6 Å². The summed E-state index contributed by atoms with van der Waals surface area (Å²) in [6.45, 7) is 4.84. The van der Waals surface area contributed by atoms with E-state index in [-0.39, 0.29) is 11.6 Å². The summed E-state index contributed by atoms with van der Waals surface area (Å²) < 4.78 is 0. The van der Waals surface area contributed by atoms with Crippen molar-refractivity contribution in [2.75, 3.05) is 13.1 Å². The Morgan fingerprint density at radius 2 is 2.26 bits per heavy atom. The fourth-order valence-electron chi connectivity index (χ4n) is 1.31. The number of carboxylic acids is 1. The van der Waals surface area contributed by atoms with Gasteiger partial charge in [0, 0.05) is 24.4 Å². The topological polar surface area (TPSA) is 91.3 Å². The molecule has 6 nitrogen and oxygen atoms in total. The Labute approximate surface area is 116 Å². The number of nitrogens with one attached hydrogen (secondary N) is 2. The molecule has 0 saturated heterocycles. The Morgan fingerprint density at radius 1 is 1.53 bits per heavy atom. The Balaban J connectivity index is 2.22. The van der Waals surface area contributed by atoms with Crippen molar-refractivity contribution in [2.24, 2.45) is 0 Å².